The average molecular weight is 249 g/mol. The highest BCUT2D eigenvalue weighted by Gasteiger charge is 2.27. The lowest BCUT2D eigenvalue weighted by atomic mass is 9.96. The van der Waals surface area contributed by atoms with Crippen molar-refractivity contribution in [1.82, 2.24) is 4.90 Å². The van der Waals surface area contributed by atoms with E-state index in [1.54, 1.807) is 17.0 Å². The van der Waals surface area contributed by atoms with Gasteiger partial charge < -0.3 is 10.6 Å². The van der Waals surface area contributed by atoms with Crippen molar-refractivity contribution in [3.05, 3.63) is 35.6 Å². The number of hydrogen-bond donors (Lipinski definition) is 2. The Morgan fingerprint density at radius 3 is 2.83 bits per heavy atom. The number of piperidine rings is 1. The lowest BCUT2D eigenvalue weighted by Gasteiger charge is -2.32. The van der Waals surface area contributed by atoms with Gasteiger partial charge in [-0.15, -0.1) is 0 Å². The number of amides is 1. The Hall–Kier alpha value is -1.91. The predicted molar refractivity (Wildman–Crippen MR) is 66.9 cm³/mol. The summed E-state index contributed by atoms with van der Waals surface area (Å²) in [6, 6.07) is 5.96. The molecule has 1 atom stereocenters. The third-order valence-electron chi connectivity index (χ3n) is 3.25. The van der Waals surface area contributed by atoms with Gasteiger partial charge in [0.15, 0.2) is 0 Å². The first kappa shape index (κ1) is 12.5. The van der Waals surface area contributed by atoms with Gasteiger partial charge >= 0.3 is 0 Å². The minimum Gasteiger partial charge on any atom is -0.387 e. The van der Waals surface area contributed by atoms with Crippen molar-refractivity contribution in [2.24, 2.45) is 11.7 Å². The summed E-state index contributed by atoms with van der Waals surface area (Å²) in [4.78, 5) is 13.7. The van der Waals surface area contributed by atoms with Crippen LogP contribution in [0.2, 0.25) is 0 Å². The first-order valence-corrected chi connectivity index (χ1v) is 5.97. The van der Waals surface area contributed by atoms with Gasteiger partial charge in [-0.05, 0) is 25.0 Å². The molecular formula is C13H16FN3O. The number of benzene rings is 1. The van der Waals surface area contributed by atoms with E-state index in [1.807, 2.05) is 0 Å². The number of carbonyl (C=O) groups excluding carboxylic acids is 1. The van der Waals surface area contributed by atoms with Gasteiger partial charge in [-0.25, -0.2) is 4.39 Å². The summed E-state index contributed by atoms with van der Waals surface area (Å²) in [6.45, 7) is 0.999. The molecule has 1 saturated heterocycles. The van der Waals surface area contributed by atoms with Crippen molar-refractivity contribution in [2.45, 2.75) is 12.8 Å². The summed E-state index contributed by atoms with van der Waals surface area (Å²) in [6.07, 6.45) is 1.61. The number of likely N-dealkylation sites (tertiary alicyclic amines) is 1. The van der Waals surface area contributed by atoms with E-state index in [-0.39, 0.29) is 23.2 Å². The molecule has 1 amide bonds. The normalized spacial score (nSPS) is 19.6. The molecule has 0 saturated carbocycles. The Labute approximate surface area is 105 Å². The number of amidine groups is 1. The lowest BCUT2D eigenvalue weighted by Crippen LogP contribution is -2.44. The summed E-state index contributed by atoms with van der Waals surface area (Å²) < 4.78 is 13.5. The van der Waals surface area contributed by atoms with E-state index in [9.17, 15) is 9.18 Å². The molecule has 0 bridgehead atoms. The first-order valence-electron chi connectivity index (χ1n) is 5.97. The third-order valence-corrected chi connectivity index (χ3v) is 3.25. The van der Waals surface area contributed by atoms with Crippen LogP contribution >= 0.6 is 0 Å². The van der Waals surface area contributed by atoms with Gasteiger partial charge in [0.05, 0.1) is 11.4 Å². The molecule has 1 heterocycles. The summed E-state index contributed by atoms with van der Waals surface area (Å²) in [5.41, 5.74) is 5.55. The van der Waals surface area contributed by atoms with E-state index in [1.165, 1.54) is 12.1 Å². The largest absolute Gasteiger partial charge is 0.387 e. The monoisotopic (exact) mass is 249 g/mol. The molecule has 0 aliphatic carbocycles. The molecule has 0 spiro atoms. The van der Waals surface area contributed by atoms with E-state index >= 15 is 0 Å². The van der Waals surface area contributed by atoms with E-state index in [4.69, 9.17) is 11.1 Å². The zero-order valence-electron chi connectivity index (χ0n) is 10.0. The average Bonchev–Trinajstić information content (AvgIpc) is 2.38. The van der Waals surface area contributed by atoms with Crippen LogP contribution < -0.4 is 5.73 Å². The molecule has 18 heavy (non-hydrogen) atoms. The van der Waals surface area contributed by atoms with Crippen LogP contribution in [-0.2, 0) is 0 Å². The van der Waals surface area contributed by atoms with Crippen molar-refractivity contribution < 1.29 is 9.18 Å². The quantitative estimate of drug-likeness (QED) is 0.617. The minimum atomic E-state index is -0.507. The molecule has 1 aromatic carbocycles. The van der Waals surface area contributed by atoms with E-state index < -0.39 is 5.82 Å². The second-order valence-corrected chi connectivity index (χ2v) is 4.53. The van der Waals surface area contributed by atoms with Crippen LogP contribution in [0.1, 0.15) is 23.2 Å². The fraction of sp³-hybridized carbons (Fsp3) is 0.385. The number of nitrogens with two attached hydrogens (primary N) is 1. The van der Waals surface area contributed by atoms with Gasteiger partial charge in [0.1, 0.15) is 5.82 Å². The lowest BCUT2D eigenvalue weighted by molar-refractivity contribution is 0.0698. The van der Waals surface area contributed by atoms with Crippen LogP contribution in [0.3, 0.4) is 0 Å². The van der Waals surface area contributed by atoms with Gasteiger partial charge in [0.25, 0.3) is 5.91 Å². The topological polar surface area (TPSA) is 70.2 Å². The Morgan fingerprint density at radius 2 is 2.17 bits per heavy atom. The number of nitrogens with zero attached hydrogens (tertiary/aromatic N) is 1. The van der Waals surface area contributed by atoms with Crippen LogP contribution in [0.25, 0.3) is 0 Å². The molecule has 1 unspecified atom stereocenters. The van der Waals surface area contributed by atoms with Crippen molar-refractivity contribution in [1.29, 1.82) is 5.41 Å². The summed E-state index contributed by atoms with van der Waals surface area (Å²) in [5, 5.41) is 7.43. The van der Waals surface area contributed by atoms with Gasteiger partial charge in [0.2, 0.25) is 0 Å². The van der Waals surface area contributed by atoms with Gasteiger partial charge in [0, 0.05) is 19.0 Å². The van der Waals surface area contributed by atoms with Crippen LogP contribution in [-0.4, -0.2) is 29.7 Å². The van der Waals surface area contributed by atoms with Crippen LogP contribution in [0.5, 0.6) is 0 Å². The van der Waals surface area contributed by atoms with Crippen molar-refractivity contribution in [3.8, 4) is 0 Å². The van der Waals surface area contributed by atoms with Gasteiger partial charge in [-0.1, -0.05) is 12.1 Å². The molecule has 0 radical (unpaired) electrons. The Kier molecular flexibility index (Phi) is 3.60. The van der Waals surface area contributed by atoms with Crippen molar-refractivity contribution in [2.75, 3.05) is 13.1 Å². The third kappa shape index (κ3) is 2.50. The Morgan fingerprint density at radius 1 is 1.44 bits per heavy atom. The SMILES string of the molecule is N=C(N)C1CCCN(C(=O)c2ccccc2F)C1. The van der Waals surface area contributed by atoms with E-state index in [0.717, 1.165) is 12.8 Å². The van der Waals surface area contributed by atoms with Crippen LogP contribution in [0.4, 0.5) is 4.39 Å². The second kappa shape index (κ2) is 5.16. The molecule has 0 aromatic heterocycles. The number of hydrogen-bond acceptors (Lipinski definition) is 2. The molecule has 5 heteroatoms. The van der Waals surface area contributed by atoms with E-state index in [0.29, 0.717) is 13.1 Å². The predicted octanol–water partition coefficient (Wildman–Crippen LogP) is 1.61. The number of rotatable bonds is 2. The Balaban J connectivity index is 2.14. The Bertz CT molecular complexity index is 475. The summed E-state index contributed by atoms with van der Waals surface area (Å²) in [5.74, 6) is -0.831. The maximum atomic E-state index is 13.5. The molecule has 96 valence electrons. The smallest absolute Gasteiger partial charge is 0.256 e. The highest BCUT2D eigenvalue weighted by molar-refractivity contribution is 5.95. The fourth-order valence-corrected chi connectivity index (χ4v) is 2.22. The van der Waals surface area contributed by atoms with Gasteiger partial charge in [-0.2, -0.15) is 0 Å². The first-order chi connectivity index (χ1) is 8.59. The summed E-state index contributed by atoms with van der Waals surface area (Å²) >= 11 is 0. The maximum Gasteiger partial charge on any atom is 0.256 e. The van der Waals surface area contributed by atoms with Gasteiger partial charge in [-0.3, -0.25) is 10.2 Å². The van der Waals surface area contributed by atoms with Crippen LogP contribution in [0, 0.1) is 17.1 Å². The molecule has 4 nitrogen and oxygen atoms in total. The highest BCUT2D eigenvalue weighted by Crippen LogP contribution is 2.19. The molecule has 1 aliphatic rings. The summed E-state index contributed by atoms with van der Waals surface area (Å²) in [7, 11) is 0. The maximum absolute atomic E-state index is 13.5. The van der Waals surface area contributed by atoms with Crippen LogP contribution in [0.15, 0.2) is 24.3 Å². The highest BCUT2D eigenvalue weighted by atomic mass is 19.1. The molecule has 1 aliphatic heterocycles. The molecule has 1 fully saturated rings. The van der Waals surface area contributed by atoms with E-state index in [2.05, 4.69) is 0 Å². The molecular weight excluding hydrogens is 233 g/mol. The zero-order valence-corrected chi connectivity index (χ0v) is 10.0. The number of halogens is 1. The molecule has 2 rings (SSSR count). The zero-order chi connectivity index (χ0) is 13.1. The fourth-order valence-electron chi connectivity index (χ4n) is 2.22. The molecule has 3 N–H and O–H groups in total. The van der Waals surface area contributed by atoms with Crippen molar-refractivity contribution >= 4 is 11.7 Å². The second-order valence-electron chi connectivity index (χ2n) is 4.53. The standard InChI is InChI=1S/C13H16FN3O/c14-11-6-2-1-5-10(11)13(18)17-7-3-4-9(8-17)12(15)16/h1-2,5-6,9H,3-4,7-8H2,(H3,15,16). The van der Waals surface area contributed by atoms with Crippen molar-refractivity contribution in [3.63, 3.8) is 0 Å². The number of nitrogens with one attached hydrogen (secondary N) is 1. The number of carbonyl (C=O) groups is 1. The molecule has 1 aromatic rings. The minimum absolute atomic E-state index is 0.0849.